The summed E-state index contributed by atoms with van der Waals surface area (Å²) in [7, 11) is 1.81. The highest BCUT2D eigenvalue weighted by molar-refractivity contribution is 5.92. The van der Waals surface area contributed by atoms with Gasteiger partial charge in [0.1, 0.15) is 0 Å². The summed E-state index contributed by atoms with van der Waals surface area (Å²) < 4.78 is 6.21. The first-order valence-corrected chi connectivity index (χ1v) is 9.37. The summed E-state index contributed by atoms with van der Waals surface area (Å²) in [5.41, 5.74) is 6.12. The lowest BCUT2D eigenvalue weighted by Gasteiger charge is -2.30. The lowest BCUT2D eigenvalue weighted by Crippen LogP contribution is -2.46. The molecule has 4 atom stereocenters. The number of carbonyl (C=O) groups is 2. The number of likely N-dealkylation sites (tertiary alicyclic amines) is 1. The average Bonchev–Trinajstić information content (AvgIpc) is 3.29. The van der Waals surface area contributed by atoms with Crippen molar-refractivity contribution in [2.24, 2.45) is 17.6 Å². The number of pyridine rings is 1. The number of aromatic nitrogens is 1. The number of nitrogens with zero attached hydrogens (tertiary/aromatic N) is 3. The second-order valence-electron chi connectivity index (χ2n) is 7.64. The van der Waals surface area contributed by atoms with E-state index in [1.54, 1.807) is 23.0 Å². The first kappa shape index (κ1) is 17.4. The maximum Gasteiger partial charge on any atom is 0.229 e. The number of hydrogen-bond donors (Lipinski definition) is 1. The van der Waals surface area contributed by atoms with E-state index in [1.165, 1.54) is 0 Å². The predicted octanol–water partition coefficient (Wildman–Crippen LogP) is 0.0472. The molecule has 3 saturated heterocycles. The van der Waals surface area contributed by atoms with Crippen LogP contribution in [0, 0.1) is 11.8 Å². The molecule has 4 heterocycles. The fourth-order valence-corrected chi connectivity index (χ4v) is 4.86. The fourth-order valence-electron chi connectivity index (χ4n) is 4.86. The molecule has 2 amide bonds. The zero-order chi connectivity index (χ0) is 18.3. The maximum absolute atomic E-state index is 13.1. The minimum absolute atomic E-state index is 0.0143. The summed E-state index contributed by atoms with van der Waals surface area (Å²) in [6.45, 7) is 2.12. The van der Waals surface area contributed by atoms with Crippen molar-refractivity contribution in [2.75, 3.05) is 33.2 Å². The van der Waals surface area contributed by atoms with Crippen LogP contribution in [0.25, 0.3) is 0 Å². The van der Waals surface area contributed by atoms with Gasteiger partial charge in [0.05, 0.1) is 30.1 Å². The van der Waals surface area contributed by atoms with Crippen LogP contribution in [0.1, 0.15) is 18.5 Å². The Morgan fingerprint density at radius 1 is 1.50 bits per heavy atom. The van der Waals surface area contributed by atoms with Crippen molar-refractivity contribution in [3.8, 4) is 0 Å². The molecule has 1 aromatic heterocycles. The van der Waals surface area contributed by atoms with Gasteiger partial charge in [-0.1, -0.05) is 6.07 Å². The molecule has 7 heteroatoms. The number of carbonyl (C=O) groups excluding carboxylic acids is 2. The number of rotatable bonds is 6. The quantitative estimate of drug-likeness (QED) is 0.776. The van der Waals surface area contributed by atoms with Crippen molar-refractivity contribution in [2.45, 2.75) is 31.0 Å². The maximum atomic E-state index is 13.1. The molecule has 0 aliphatic carbocycles. The average molecular weight is 358 g/mol. The standard InChI is InChI=1S/C19H26N4O3/c1-22(10-6-13-4-2-3-9-21-13)17(24)15-14-5-7-19(26-14)12-23(11-8-20)18(25)16(15)19/h2-4,9,14-16H,5-8,10-12,20H2,1H3/t14-,15-,16+,19-/m0/s1. The zero-order valence-electron chi connectivity index (χ0n) is 15.1. The molecule has 0 aromatic carbocycles. The van der Waals surface area contributed by atoms with Gasteiger partial charge in [0.25, 0.3) is 0 Å². The SMILES string of the molecule is CN(CCc1ccccn1)C(=O)[C@H]1[C@@H]2CC[C@@]3(CN(CCN)C(=O)[C@@H]13)O2. The van der Waals surface area contributed by atoms with Crippen molar-refractivity contribution >= 4 is 11.8 Å². The normalized spacial score (nSPS) is 32.2. The van der Waals surface area contributed by atoms with E-state index in [4.69, 9.17) is 10.5 Å². The number of amides is 2. The molecule has 2 bridgehead atoms. The van der Waals surface area contributed by atoms with E-state index in [1.807, 2.05) is 18.2 Å². The molecular weight excluding hydrogens is 332 g/mol. The van der Waals surface area contributed by atoms with Crippen LogP contribution in [0.3, 0.4) is 0 Å². The Bertz CT molecular complexity index is 697. The minimum Gasteiger partial charge on any atom is -0.368 e. The second kappa shape index (κ2) is 6.63. The lowest BCUT2D eigenvalue weighted by molar-refractivity contribution is -0.143. The number of ether oxygens (including phenoxy) is 1. The molecule has 0 unspecified atom stereocenters. The Labute approximate surface area is 153 Å². The van der Waals surface area contributed by atoms with Crippen molar-refractivity contribution in [1.29, 1.82) is 0 Å². The second-order valence-corrected chi connectivity index (χ2v) is 7.64. The third-order valence-electron chi connectivity index (χ3n) is 6.09. The van der Waals surface area contributed by atoms with Gasteiger partial charge in [0, 0.05) is 45.0 Å². The van der Waals surface area contributed by atoms with Crippen LogP contribution in [0.4, 0.5) is 0 Å². The summed E-state index contributed by atoms with van der Waals surface area (Å²) in [5.74, 6) is -0.667. The molecule has 0 radical (unpaired) electrons. The van der Waals surface area contributed by atoms with Gasteiger partial charge in [0.2, 0.25) is 11.8 Å². The molecule has 1 aromatic rings. The first-order chi connectivity index (χ1) is 12.6. The molecule has 0 saturated carbocycles. The van der Waals surface area contributed by atoms with Crippen molar-refractivity contribution in [3.05, 3.63) is 30.1 Å². The molecule has 2 N–H and O–H groups in total. The first-order valence-electron chi connectivity index (χ1n) is 9.37. The summed E-state index contributed by atoms with van der Waals surface area (Å²) >= 11 is 0. The smallest absolute Gasteiger partial charge is 0.229 e. The Morgan fingerprint density at radius 3 is 3.08 bits per heavy atom. The molecule has 3 aliphatic heterocycles. The van der Waals surface area contributed by atoms with Gasteiger partial charge in [0.15, 0.2) is 0 Å². The Balaban J connectivity index is 1.46. The van der Waals surface area contributed by atoms with Crippen LogP contribution in [0.15, 0.2) is 24.4 Å². The Kier molecular flexibility index (Phi) is 4.44. The molecule has 140 valence electrons. The number of fused-ring (bicyclic) bond motifs is 1. The lowest BCUT2D eigenvalue weighted by atomic mass is 9.72. The van der Waals surface area contributed by atoms with Gasteiger partial charge >= 0.3 is 0 Å². The Morgan fingerprint density at radius 2 is 2.35 bits per heavy atom. The van der Waals surface area contributed by atoms with E-state index in [-0.39, 0.29) is 29.8 Å². The van der Waals surface area contributed by atoms with E-state index in [2.05, 4.69) is 4.98 Å². The van der Waals surface area contributed by atoms with E-state index in [0.717, 1.165) is 18.5 Å². The third kappa shape index (κ3) is 2.70. The third-order valence-corrected chi connectivity index (χ3v) is 6.09. The summed E-state index contributed by atoms with van der Waals surface area (Å²) in [4.78, 5) is 33.8. The highest BCUT2D eigenvalue weighted by Gasteiger charge is 2.68. The van der Waals surface area contributed by atoms with Crippen LogP contribution in [-0.4, -0.2) is 71.5 Å². The number of hydrogen-bond acceptors (Lipinski definition) is 5. The van der Waals surface area contributed by atoms with Crippen LogP contribution in [0.5, 0.6) is 0 Å². The molecule has 7 nitrogen and oxygen atoms in total. The van der Waals surface area contributed by atoms with Gasteiger partial charge in [-0.25, -0.2) is 0 Å². The van der Waals surface area contributed by atoms with E-state index < -0.39 is 5.60 Å². The molecular formula is C19H26N4O3. The zero-order valence-corrected chi connectivity index (χ0v) is 15.1. The monoisotopic (exact) mass is 358 g/mol. The summed E-state index contributed by atoms with van der Waals surface area (Å²) in [5, 5.41) is 0. The highest BCUT2D eigenvalue weighted by Crippen LogP contribution is 2.55. The van der Waals surface area contributed by atoms with E-state index >= 15 is 0 Å². The van der Waals surface area contributed by atoms with Gasteiger partial charge in [-0.2, -0.15) is 0 Å². The van der Waals surface area contributed by atoms with Crippen molar-refractivity contribution in [3.63, 3.8) is 0 Å². The molecule has 26 heavy (non-hydrogen) atoms. The molecule has 3 aliphatic rings. The highest BCUT2D eigenvalue weighted by atomic mass is 16.5. The van der Waals surface area contributed by atoms with E-state index in [0.29, 0.717) is 32.6 Å². The number of likely N-dealkylation sites (N-methyl/N-ethyl adjacent to an activating group) is 1. The molecule has 1 spiro atoms. The summed E-state index contributed by atoms with van der Waals surface area (Å²) in [6.07, 6.45) is 4.04. The van der Waals surface area contributed by atoms with Gasteiger partial charge in [-0.05, 0) is 25.0 Å². The van der Waals surface area contributed by atoms with Crippen LogP contribution in [0.2, 0.25) is 0 Å². The summed E-state index contributed by atoms with van der Waals surface area (Å²) in [6, 6.07) is 5.78. The minimum atomic E-state index is -0.473. The predicted molar refractivity (Wildman–Crippen MR) is 95.0 cm³/mol. The largest absolute Gasteiger partial charge is 0.368 e. The van der Waals surface area contributed by atoms with Crippen LogP contribution >= 0.6 is 0 Å². The number of nitrogens with two attached hydrogens (primary N) is 1. The van der Waals surface area contributed by atoms with Crippen molar-refractivity contribution in [1.82, 2.24) is 14.8 Å². The molecule has 3 fully saturated rings. The van der Waals surface area contributed by atoms with Gasteiger partial charge in [-0.15, -0.1) is 0 Å². The molecule has 4 rings (SSSR count). The topological polar surface area (TPSA) is 88.8 Å². The van der Waals surface area contributed by atoms with Crippen molar-refractivity contribution < 1.29 is 14.3 Å². The van der Waals surface area contributed by atoms with Crippen LogP contribution < -0.4 is 5.73 Å². The van der Waals surface area contributed by atoms with Gasteiger partial charge < -0.3 is 20.3 Å². The Hall–Kier alpha value is -1.99. The van der Waals surface area contributed by atoms with Crippen LogP contribution in [-0.2, 0) is 20.7 Å². The fraction of sp³-hybridized carbons (Fsp3) is 0.632. The van der Waals surface area contributed by atoms with E-state index in [9.17, 15) is 9.59 Å². The van der Waals surface area contributed by atoms with Gasteiger partial charge in [-0.3, -0.25) is 14.6 Å².